The van der Waals surface area contributed by atoms with Gasteiger partial charge in [0.25, 0.3) is 5.91 Å². The van der Waals surface area contributed by atoms with Crippen LogP contribution in [0.15, 0.2) is 24.3 Å². The molecule has 0 unspecified atom stereocenters. The van der Waals surface area contributed by atoms with Gasteiger partial charge in [0.2, 0.25) is 5.91 Å². The fourth-order valence-electron chi connectivity index (χ4n) is 1.43. The van der Waals surface area contributed by atoms with Gasteiger partial charge in [0.05, 0.1) is 5.56 Å². The number of nitrogens with one attached hydrogen (secondary N) is 1. The van der Waals surface area contributed by atoms with Crippen LogP contribution in [0.2, 0.25) is 0 Å². The van der Waals surface area contributed by atoms with Gasteiger partial charge in [0.15, 0.2) is 0 Å². The van der Waals surface area contributed by atoms with Crippen molar-refractivity contribution >= 4 is 17.8 Å². The summed E-state index contributed by atoms with van der Waals surface area (Å²) in [6.45, 7) is 0. The molecule has 19 heavy (non-hydrogen) atoms. The molecule has 0 aliphatic rings. The van der Waals surface area contributed by atoms with Gasteiger partial charge in [0, 0.05) is 6.42 Å². The second-order valence-electron chi connectivity index (χ2n) is 3.84. The van der Waals surface area contributed by atoms with Gasteiger partial charge in [-0.3, -0.25) is 14.4 Å². The van der Waals surface area contributed by atoms with Gasteiger partial charge < -0.3 is 16.2 Å². The quantitative estimate of drug-likeness (QED) is 0.688. The number of nitrogens with two attached hydrogens (primary N) is 1. The van der Waals surface area contributed by atoms with Crippen molar-refractivity contribution in [3.8, 4) is 0 Å². The Morgan fingerprint density at radius 2 is 1.95 bits per heavy atom. The van der Waals surface area contributed by atoms with Crippen LogP contribution in [0.5, 0.6) is 0 Å². The summed E-state index contributed by atoms with van der Waals surface area (Å²) in [7, 11) is 0. The fourth-order valence-corrected chi connectivity index (χ4v) is 1.43. The summed E-state index contributed by atoms with van der Waals surface area (Å²) in [4.78, 5) is 33.2. The van der Waals surface area contributed by atoms with Gasteiger partial charge in [-0.15, -0.1) is 0 Å². The zero-order valence-corrected chi connectivity index (χ0v) is 9.93. The molecule has 102 valence electrons. The number of hydrogen-bond donors (Lipinski definition) is 3. The number of primary amides is 1. The molecule has 4 N–H and O–H groups in total. The van der Waals surface area contributed by atoms with E-state index < -0.39 is 29.6 Å². The first-order valence-electron chi connectivity index (χ1n) is 5.48. The Hall–Kier alpha value is -2.44. The Morgan fingerprint density at radius 3 is 2.47 bits per heavy atom. The van der Waals surface area contributed by atoms with Crippen LogP contribution in [0, 0.1) is 5.82 Å². The van der Waals surface area contributed by atoms with Crippen molar-refractivity contribution in [2.45, 2.75) is 18.9 Å². The van der Waals surface area contributed by atoms with Crippen molar-refractivity contribution in [2.75, 3.05) is 0 Å². The van der Waals surface area contributed by atoms with Crippen LogP contribution >= 0.6 is 0 Å². The molecule has 2 amide bonds. The highest BCUT2D eigenvalue weighted by molar-refractivity contribution is 5.97. The smallest absolute Gasteiger partial charge is 0.303 e. The number of amides is 2. The third-order valence-corrected chi connectivity index (χ3v) is 2.41. The average Bonchev–Trinajstić information content (AvgIpc) is 2.34. The van der Waals surface area contributed by atoms with Crippen LogP contribution in [0.4, 0.5) is 4.39 Å². The molecular weight excluding hydrogens is 255 g/mol. The van der Waals surface area contributed by atoms with E-state index in [1.54, 1.807) is 0 Å². The van der Waals surface area contributed by atoms with Crippen LogP contribution < -0.4 is 11.1 Å². The highest BCUT2D eigenvalue weighted by Gasteiger charge is 2.21. The summed E-state index contributed by atoms with van der Waals surface area (Å²) in [5.41, 5.74) is 4.81. The summed E-state index contributed by atoms with van der Waals surface area (Å²) >= 11 is 0. The normalized spacial score (nSPS) is 11.6. The van der Waals surface area contributed by atoms with Gasteiger partial charge in [-0.05, 0) is 18.6 Å². The van der Waals surface area contributed by atoms with Gasteiger partial charge >= 0.3 is 5.97 Å². The molecule has 0 fully saturated rings. The molecular formula is C12H13FN2O4. The van der Waals surface area contributed by atoms with E-state index in [1.165, 1.54) is 18.2 Å². The van der Waals surface area contributed by atoms with Crippen molar-refractivity contribution in [2.24, 2.45) is 5.73 Å². The summed E-state index contributed by atoms with van der Waals surface area (Å²) in [6.07, 6.45) is -0.476. The molecule has 0 bridgehead atoms. The first kappa shape index (κ1) is 14.6. The number of carbonyl (C=O) groups excluding carboxylic acids is 2. The van der Waals surface area contributed by atoms with Gasteiger partial charge in [-0.25, -0.2) is 4.39 Å². The summed E-state index contributed by atoms with van der Waals surface area (Å²) in [5, 5.41) is 10.7. The van der Waals surface area contributed by atoms with Crippen molar-refractivity contribution < 1.29 is 23.9 Å². The molecule has 0 saturated carbocycles. The molecule has 0 radical (unpaired) electrons. The molecule has 0 heterocycles. The molecule has 6 nitrogen and oxygen atoms in total. The molecule has 0 aromatic heterocycles. The molecule has 0 aliphatic carbocycles. The number of benzene rings is 1. The van der Waals surface area contributed by atoms with Gasteiger partial charge in [0.1, 0.15) is 11.9 Å². The lowest BCUT2D eigenvalue weighted by Crippen LogP contribution is -2.44. The van der Waals surface area contributed by atoms with Crippen molar-refractivity contribution in [1.82, 2.24) is 5.32 Å². The second kappa shape index (κ2) is 6.48. The molecule has 1 rings (SSSR count). The summed E-state index contributed by atoms with van der Waals surface area (Å²) < 4.78 is 13.3. The minimum atomic E-state index is -1.15. The average molecular weight is 268 g/mol. The predicted octanol–water partition coefficient (Wildman–Crippen LogP) is 0.274. The molecule has 1 aromatic rings. The molecule has 1 aromatic carbocycles. The van der Waals surface area contributed by atoms with E-state index in [-0.39, 0.29) is 18.4 Å². The first-order chi connectivity index (χ1) is 8.91. The Morgan fingerprint density at radius 1 is 1.32 bits per heavy atom. The number of hydrogen-bond acceptors (Lipinski definition) is 3. The lowest BCUT2D eigenvalue weighted by Gasteiger charge is -2.14. The molecule has 0 spiro atoms. The van der Waals surface area contributed by atoms with E-state index in [2.05, 4.69) is 5.32 Å². The number of halogens is 1. The Labute approximate surface area is 108 Å². The number of rotatable bonds is 6. The number of carbonyl (C=O) groups is 3. The molecule has 1 atom stereocenters. The highest BCUT2D eigenvalue weighted by Crippen LogP contribution is 2.07. The Kier molecular flexibility index (Phi) is 4.99. The SMILES string of the molecule is NC(=O)[C@@H](CCC(=O)O)NC(=O)c1ccccc1F. The van der Waals surface area contributed by atoms with Crippen LogP contribution in [0.25, 0.3) is 0 Å². The van der Waals surface area contributed by atoms with E-state index in [9.17, 15) is 18.8 Å². The van der Waals surface area contributed by atoms with Crippen LogP contribution in [0.1, 0.15) is 23.2 Å². The maximum absolute atomic E-state index is 13.3. The lowest BCUT2D eigenvalue weighted by atomic mass is 10.1. The summed E-state index contributed by atoms with van der Waals surface area (Å²) in [6, 6.07) is 4.09. The van der Waals surface area contributed by atoms with Crippen LogP contribution in [-0.4, -0.2) is 28.9 Å². The highest BCUT2D eigenvalue weighted by atomic mass is 19.1. The van der Waals surface area contributed by atoms with Crippen molar-refractivity contribution in [3.63, 3.8) is 0 Å². The predicted molar refractivity (Wildman–Crippen MR) is 63.7 cm³/mol. The third-order valence-electron chi connectivity index (χ3n) is 2.41. The molecule has 0 aliphatic heterocycles. The molecule has 7 heteroatoms. The van der Waals surface area contributed by atoms with E-state index in [0.29, 0.717) is 0 Å². The zero-order valence-electron chi connectivity index (χ0n) is 9.93. The zero-order chi connectivity index (χ0) is 14.4. The van der Waals surface area contributed by atoms with E-state index in [0.717, 1.165) is 6.07 Å². The van der Waals surface area contributed by atoms with Crippen molar-refractivity contribution in [3.05, 3.63) is 35.6 Å². The minimum absolute atomic E-state index is 0.148. The fraction of sp³-hybridized carbons (Fsp3) is 0.250. The number of aliphatic carboxylic acids is 1. The minimum Gasteiger partial charge on any atom is -0.481 e. The van der Waals surface area contributed by atoms with Crippen LogP contribution in [-0.2, 0) is 9.59 Å². The Balaban J connectivity index is 2.74. The third kappa shape index (κ3) is 4.38. The van der Waals surface area contributed by atoms with E-state index in [4.69, 9.17) is 10.8 Å². The summed E-state index contributed by atoms with van der Waals surface area (Å²) in [5.74, 6) is -3.54. The maximum atomic E-state index is 13.3. The largest absolute Gasteiger partial charge is 0.481 e. The second-order valence-corrected chi connectivity index (χ2v) is 3.84. The number of carboxylic acids is 1. The monoisotopic (exact) mass is 268 g/mol. The maximum Gasteiger partial charge on any atom is 0.303 e. The lowest BCUT2D eigenvalue weighted by molar-refractivity contribution is -0.137. The first-order valence-corrected chi connectivity index (χ1v) is 5.48. The van der Waals surface area contributed by atoms with Crippen molar-refractivity contribution in [1.29, 1.82) is 0 Å². The van der Waals surface area contributed by atoms with E-state index >= 15 is 0 Å². The van der Waals surface area contributed by atoms with Gasteiger partial charge in [-0.1, -0.05) is 12.1 Å². The van der Waals surface area contributed by atoms with Crippen LogP contribution in [0.3, 0.4) is 0 Å². The molecule has 0 saturated heterocycles. The number of carboxylic acid groups (broad SMARTS) is 1. The van der Waals surface area contributed by atoms with Gasteiger partial charge in [-0.2, -0.15) is 0 Å². The van der Waals surface area contributed by atoms with E-state index in [1.807, 2.05) is 0 Å². The standard InChI is InChI=1S/C12H13FN2O4/c13-8-4-2-1-3-7(8)12(19)15-9(11(14)18)5-6-10(16)17/h1-4,9H,5-6H2,(H2,14,18)(H,15,19)(H,16,17)/t9-/m1/s1. The Bertz CT molecular complexity index is 504. The topological polar surface area (TPSA) is 109 Å².